The van der Waals surface area contributed by atoms with Crippen molar-refractivity contribution in [3.05, 3.63) is 11.9 Å². The van der Waals surface area contributed by atoms with E-state index in [4.69, 9.17) is 15.2 Å². The number of carbonyl (C=O) groups is 1. The van der Waals surface area contributed by atoms with Crippen molar-refractivity contribution in [3.8, 4) is 0 Å². The molecule has 1 heterocycles. The number of hydrogen-bond donors (Lipinski definition) is 1. The minimum atomic E-state index is -0.375. The predicted octanol–water partition coefficient (Wildman–Crippen LogP) is -1.07. The lowest BCUT2D eigenvalue weighted by atomic mass is 10.5. The van der Waals surface area contributed by atoms with Crippen LogP contribution in [-0.4, -0.2) is 41.3 Å². The molecule has 0 radical (unpaired) electrons. The van der Waals surface area contributed by atoms with Gasteiger partial charge in [0.15, 0.2) is 0 Å². The minimum Gasteiger partial charge on any atom is -0.462 e. The average Bonchev–Trinajstić information content (AvgIpc) is 2.66. The van der Waals surface area contributed by atoms with Crippen LogP contribution in [0.15, 0.2) is 6.20 Å². The van der Waals surface area contributed by atoms with Crippen LogP contribution in [0.2, 0.25) is 0 Å². The van der Waals surface area contributed by atoms with Gasteiger partial charge < -0.3 is 15.2 Å². The van der Waals surface area contributed by atoms with Crippen LogP contribution in [0.5, 0.6) is 0 Å². The number of ether oxygens (including phenoxy) is 2. The summed E-state index contributed by atoms with van der Waals surface area (Å²) >= 11 is 0. The molecule has 0 saturated carbocycles. The summed E-state index contributed by atoms with van der Waals surface area (Å²) < 4.78 is 11.0. The van der Waals surface area contributed by atoms with Gasteiger partial charge in [0, 0.05) is 13.7 Å². The molecule has 0 spiro atoms. The summed E-state index contributed by atoms with van der Waals surface area (Å²) in [5, 5.41) is 7.45. The molecule has 0 aromatic carbocycles. The number of methoxy groups -OCH3 is 1. The third-order valence-corrected chi connectivity index (χ3v) is 1.64. The Kier molecular flexibility index (Phi) is 4.72. The van der Waals surface area contributed by atoms with Gasteiger partial charge in [-0.25, -0.2) is 4.68 Å². The molecular formula is C8H14N4O3. The molecule has 2 N–H and O–H groups in total. The lowest BCUT2D eigenvalue weighted by molar-refractivity contribution is -0.145. The molecule has 1 aromatic rings. The van der Waals surface area contributed by atoms with Crippen molar-refractivity contribution < 1.29 is 14.3 Å². The molecule has 84 valence electrons. The molecule has 1 rings (SSSR count). The molecule has 7 nitrogen and oxygen atoms in total. The second kappa shape index (κ2) is 6.10. The fourth-order valence-corrected chi connectivity index (χ4v) is 0.926. The summed E-state index contributed by atoms with van der Waals surface area (Å²) in [7, 11) is 1.54. The van der Waals surface area contributed by atoms with E-state index in [0.29, 0.717) is 18.8 Å². The highest BCUT2D eigenvalue weighted by Crippen LogP contribution is 1.92. The van der Waals surface area contributed by atoms with E-state index in [0.717, 1.165) is 0 Å². The van der Waals surface area contributed by atoms with Crippen molar-refractivity contribution in [1.82, 2.24) is 15.0 Å². The van der Waals surface area contributed by atoms with E-state index in [9.17, 15) is 4.79 Å². The fraction of sp³-hybridized carbons (Fsp3) is 0.625. The maximum Gasteiger partial charge on any atom is 0.327 e. The molecule has 0 amide bonds. The Labute approximate surface area is 87.1 Å². The molecule has 0 aliphatic rings. The summed E-state index contributed by atoms with van der Waals surface area (Å²) in [6, 6.07) is 0. The number of nitrogens with two attached hydrogens (primary N) is 1. The minimum absolute atomic E-state index is 0.0384. The van der Waals surface area contributed by atoms with Gasteiger partial charge in [-0.2, -0.15) is 0 Å². The normalized spacial score (nSPS) is 10.3. The van der Waals surface area contributed by atoms with Gasteiger partial charge in [0.25, 0.3) is 0 Å². The summed E-state index contributed by atoms with van der Waals surface area (Å²) in [6.45, 7) is 0.973. The molecule has 7 heteroatoms. The van der Waals surface area contributed by atoms with Crippen LogP contribution in [0.3, 0.4) is 0 Å². The summed E-state index contributed by atoms with van der Waals surface area (Å²) in [6.07, 6.45) is 1.61. The number of aromatic nitrogens is 3. The Morgan fingerprint density at radius 1 is 1.60 bits per heavy atom. The highest BCUT2D eigenvalue weighted by molar-refractivity contribution is 5.68. The number of rotatable bonds is 6. The van der Waals surface area contributed by atoms with Gasteiger partial charge in [-0.3, -0.25) is 4.79 Å². The Balaban J connectivity index is 2.31. The molecule has 0 saturated heterocycles. The first-order valence-electron chi connectivity index (χ1n) is 4.50. The van der Waals surface area contributed by atoms with E-state index in [2.05, 4.69) is 10.3 Å². The second-order valence-corrected chi connectivity index (χ2v) is 2.82. The van der Waals surface area contributed by atoms with Crippen molar-refractivity contribution in [2.75, 3.05) is 20.3 Å². The van der Waals surface area contributed by atoms with E-state index < -0.39 is 0 Å². The predicted molar refractivity (Wildman–Crippen MR) is 50.7 cm³/mol. The maximum atomic E-state index is 11.2. The zero-order valence-electron chi connectivity index (χ0n) is 8.55. The molecule has 0 unspecified atom stereocenters. The third kappa shape index (κ3) is 4.05. The zero-order valence-corrected chi connectivity index (χ0v) is 8.55. The Hall–Kier alpha value is -1.47. The van der Waals surface area contributed by atoms with Crippen molar-refractivity contribution in [3.63, 3.8) is 0 Å². The molecule has 15 heavy (non-hydrogen) atoms. The van der Waals surface area contributed by atoms with Crippen LogP contribution in [0.4, 0.5) is 0 Å². The smallest absolute Gasteiger partial charge is 0.327 e. The molecule has 0 fully saturated rings. The van der Waals surface area contributed by atoms with E-state index in [1.807, 2.05) is 0 Å². The number of nitrogens with zero attached hydrogens (tertiary/aromatic N) is 3. The molecule has 0 aliphatic heterocycles. The Morgan fingerprint density at radius 3 is 3.00 bits per heavy atom. The second-order valence-electron chi connectivity index (χ2n) is 2.82. The summed E-state index contributed by atoms with van der Waals surface area (Å²) in [4.78, 5) is 11.2. The lowest BCUT2D eigenvalue weighted by Gasteiger charge is -2.02. The average molecular weight is 214 g/mol. The molecule has 0 bridgehead atoms. The van der Waals surface area contributed by atoms with Crippen molar-refractivity contribution >= 4 is 5.97 Å². The monoisotopic (exact) mass is 214 g/mol. The molecular weight excluding hydrogens is 200 g/mol. The van der Waals surface area contributed by atoms with E-state index in [1.54, 1.807) is 13.3 Å². The van der Waals surface area contributed by atoms with Crippen LogP contribution >= 0.6 is 0 Å². The molecule has 1 aromatic heterocycles. The number of esters is 1. The maximum absolute atomic E-state index is 11.2. The summed E-state index contributed by atoms with van der Waals surface area (Å²) in [5.74, 6) is -0.375. The van der Waals surface area contributed by atoms with Crippen LogP contribution in [-0.2, 0) is 27.4 Å². The van der Waals surface area contributed by atoms with Gasteiger partial charge in [0.1, 0.15) is 13.2 Å². The van der Waals surface area contributed by atoms with Crippen molar-refractivity contribution in [2.45, 2.75) is 13.1 Å². The fourth-order valence-electron chi connectivity index (χ4n) is 0.926. The first-order chi connectivity index (χ1) is 7.26. The van der Waals surface area contributed by atoms with Crippen molar-refractivity contribution in [2.24, 2.45) is 5.73 Å². The summed E-state index contributed by atoms with van der Waals surface area (Å²) in [5.41, 5.74) is 5.98. The number of carbonyl (C=O) groups excluding carboxylic acids is 1. The van der Waals surface area contributed by atoms with Crippen LogP contribution in [0.1, 0.15) is 5.69 Å². The van der Waals surface area contributed by atoms with Gasteiger partial charge in [-0.15, -0.1) is 5.10 Å². The van der Waals surface area contributed by atoms with E-state index in [-0.39, 0.29) is 19.1 Å². The molecule has 0 aliphatic carbocycles. The zero-order chi connectivity index (χ0) is 11.1. The van der Waals surface area contributed by atoms with E-state index >= 15 is 0 Å². The topological polar surface area (TPSA) is 92.3 Å². The number of hydrogen-bond acceptors (Lipinski definition) is 6. The SMILES string of the molecule is COCCOC(=O)Cn1cc(CN)nn1. The quantitative estimate of drug-likeness (QED) is 0.478. The Morgan fingerprint density at radius 2 is 2.40 bits per heavy atom. The van der Waals surface area contributed by atoms with Gasteiger partial charge in [0.05, 0.1) is 18.5 Å². The lowest BCUT2D eigenvalue weighted by Crippen LogP contribution is -2.16. The van der Waals surface area contributed by atoms with Crippen LogP contribution in [0, 0.1) is 0 Å². The first kappa shape index (κ1) is 11.6. The van der Waals surface area contributed by atoms with Gasteiger partial charge in [-0.1, -0.05) is 5.21 Å². The molecule has 0 atom stereocenters. The van der Waals surface area contributed by atoms with Gasteiger partial charge in [-0.05, 0) is 0 Å². The standard InChI is InChI=1S/C8H14N4O3/c1-14-2-3-15-8(13)6-12-5-7(4-9)10-11-12/h5H,2-4,6,9H2,1H3. The van der Waals surface area contributed by atoms with Gasteiger partial charge >= 0.3 is 5.97 Å². The van der Waals surface area contributed by atoms with Crippen molar-refractivity contribution in [1.29, 1.82) is 0 Å². The Bertz CT molecular complexity index is 313. The third-order valence-electron chi connectivity index (χ3n) is 1.64. The highest BCUT2D eigenvalue weighted by atomic mass is 16.6. The van der Waals surface area contributed by atoms with Gasteiger partial charge in [0.2, 0.25) is 0 Å². The first-order valence-corrected chi connectivity index (χ1v) is 4.50. The highest BCUT2D eigenvalue weighted by Gasteiger charge is 2.06. The van der Waals surface area contributed by atoms with E-state index in [1.165, 1.54) is 4.68 Å². The van der Waals surface area contributed by atoms with Crippen LogP contribution in [0.25, 0.3) is 0 Å². The van der Waals surface area contributed by atoms with Crippen LogP contribution < -0.4 is 5.73 Å². The largest absolute Gasteiger partial charge is 0.462 e.